The van der Waals surface area contributed by atoms with Crippen LogP contribution in [0.2, 0.25) is 0 Å². The van der Waals surface area contributed by atoms with Crippen molar-refractivity contribution in [3.8, 4) is 34.2 Å². The first-order valence-corrected chi connectivity index (χ1v) is 8.21. The Balaban J connectivity index is 1.73. The maximum atomic E-state index is 5.71. The number of pyridine rings is 1. The minimum Gasteiger partial charge on any atom is -0.326 e. The van der Waals surface area contributed by atoms with Gasteiger partial charge in [-0.05, 0) is 30.7 Å². The molecule has 0 radical (unpaired) electrons. The zero-order valence-corrected chi connectivity index (χ0v) is 14.2. The second-order valence-corrected chi connectivity index (χ2v) is 5.84. The molecule has 26 heavy (non-hydrogen) atoms. The van der Waals surface area contributed by atoms with Crippen LogP contribution in [0.4, 0.5) is 0 Å². The largest absolute Gasteiger partial charge is 0.326 e. The summed E-state index contributed by atoms with van der Waals surface area (Å²) in [6.07, 6.45) is 5.22. The van der Waals surface area contributed by atoms with E-state index in [-0.39, 0.29) is 0 Å². The van der Waals surface area contributed by atoms with Crippen molar-refractivity contribution in [3.63, 3.8) is 0 Å². The standard InChI is InChI=1S/C19H17N7/c1-12-17(23-16(11-22-12)15-6-3-7-21-10-15)19-24-18(25-26-19)14-5-2-4-13(8-14)9-20/h2-8,10-11H,9,20H2,1H3,(H,24,25,26). The summed E-state index contributed by atoms with van der Waals surface area (Å²) in [5.74, 6) is 1.18. The van der Waals surface area contributed by atoms with E-state index in [2.05, 4.69) is 25.1 Å². The highest BCUT2D eigenvalue weighted by molar-refractivity contribution is 5.64. The van der Waals surface area contributed by atoms with Crippen LogP contribution < -0.4 is 5.73 Å². The molecule has 0 aliphatic rings. The Kier molecular flexibility index (Phi) is 4.20. The van der Waals surface area contributed by atoms with E-state index >= 15 is 0 Å². The van der Waals surface area contributed by atoms with Gasteiger partial charge in [0.1, 0.15) is 5.69 Å². The van der Waals surface area contributed by atoms with Crippen LogP contribution in [-0.4, -0.2) is 30.1 Å². The van der Waals surface area contributed by atoms with E-state index in [4.69, 9.17) is 10.7 Å². The van der Waals surface area contributed by atoms with Crippen LogP contribution in [0.3, 0.4) is 0 Å². The molecule has 0 spiro atoms. The van der Waals surface area contributed by atoms with Crippen molar-refractivity contribution in [2.24, 2.45) is 5.73 Å². The minimum atomic E-state index is 0.475. The second kappa shape index (κ2) is 6.81. The summed E-state index contributed by atoms with van der Waals surface area (Å²) in [5.41, 5.74) is 10.7. The van der Waals surface area contributed by atoms with Gasteiger partial charge in [-0.15, -0.1) is 0 Å². The van der Waals surface area contributed by atoms with Gasteiger partial charge in [0.15, 0.2) is 11.6 Å². The molecule has 0 bridgehead atoms. The summed E-state index contributed by atoms with van der Waals surface area (Å²) in [7, 11) is 0. The first kappa shape index (κ1) is 16.0. The fourth-order valence-corrected chi connectivity index (χ4v) is 2.66. The number of nitrogens with two attached hydrogens (primary N) is 1. The lowest BCUT2D eigenvalue weighted by Crippen LogP contribution is -1.97. The van der Waals surface area contributed by atoms with Crippen LogP contribution in [0, 0.1) is 6.92 Å². The van der Waals surface area contributed by atoms with Crippen molar-refractivity contribution in [1.82, 2.24) is 30.1 Å². The highest BCUT2D eigenvalue weighted by atomic mass is 15.2. The highest BCUT2D eigenvalue weighted by Gasteiger charge is 2.14. The van der Waals surface area contributed by atoms with E-state index in [1.54, 1.807) is 18.6 Å². The number of nitrogens with zero attached hydrogens (tertiary/aromatic N) is 5. The van der Waals surface area contributed by atoms with E-state index in [1.807, 2.05) is 43.3 Å². The Labute approximate surface area is 150 Å². The van der Waals surface area contributed by atoms with Crippen molar-refractivity contribution in [2.75, 3.05) is 0 Å². The molecule has 0 unspecified atom stereocenters. The molecular formula is C19H17N7. The second-order valence-electron chi connectivity index (χ2n) is 5.84. The van der Waals surface area contributed by atoms with Gasteiger partial charge in [-0.25, -0.2) is 9.97 Å². The highest BCUT2D eigenvalue weighted by Crippen LogP contribution is 2.24. The number of aromatic amines is 1. The Morgan fingerprint density at radius 3 is 2.73 bits per heavy atom. The quantitative estimate of drug-likeness (QED) is 0.590. The number of hydrogen-bond acceptors (Lipinski definition) is 6. The summed E-state index contributed by atoms with van der Waals surface area (Å²) >= 11 is 0. The van der Waals surface area contributed by atoms with E-state index < -0.39 is 0 Å². The fourth-order valence-electron chi connectivity index (χ4n) is 2.66. The van der Waals surface area contributed by atoms with Crippen LogP contribution in [0.25, 0.3) is 34.2 Å². The average Bonchev–Trinajstić information content (AvgIpc) is 3.19. The van der Waals surface area contributed by atoms with Gasteiger partial charge in [-0.3, -0.25) is 15.1 Å². The van der Waals surface area contributed by atoms with E-state index in [9.17, 15) is 0 Å². The third-order valence-corrected chi connectivity index (χ3v) is 4.04. The molecule has 7 nitrogen and oxygen atoms in total. The summed E-state index contributed by atoms with van der Waals surface area (Å²) in [6, 6.07) is 11.7. The topological polar surface area (TPSA) is 106 Å². The minimum absolute atomic E-state index is 0.475. The van der Waals surface area contributed by atoms with Crippen LogP contribution in [0.15, 0.2) is 55.0 Å². The number of hydrogen-bond donors (Lipinski definition) is 2. The van der Waals surface area contributed by atoms with E-state index in [1.165, 1.54) is 0 Å². The summed E-state index contributed by atoms with van der Waals surface area (Å²) < 4.78 is 0. The normalized spacial score (nSPS) is 10.8. The van der Waals surface area contributed by atoms with Crippen molar-refractivity contribution < 1.29 is 0 Å². The molecule has 128 valence electrons. The van der Waals surface area contributed by atoms with Gasteiger partial charge in [-0.1, -0.05) is 18.2 Å². The summed E-state index contributed by atoms with van der Waals surface area (Å²) in [4.78, 5) is 17.9. The molecule has 4 aromatic rings. The zero-order chi connectivity index (χ0) is 17.9. The molecule has 3 N–H and O–H groups in total. The van der Waals surface area contributed by atoms with Crippen LogP contribution in [0.5, 0.6) is 0 Å². The van der Waals surface area contributed by atoms with Gasteiger partial charge >= 0.3 is 0 Å². The van der Waals surface area contributed by atoms with Crippen molar-refractivity contribution >= 4 is 0 Å². The fraction of sp³-hybridized carbons (Fsp3) is 0.105. The maximum Gasteiger partial charge on any atom is 0.181 e. The van der Waals surface area contributed by atoms with Crippen LogP contribution in [-0.2, 0) is 6.54 Å². The molecule has 3 aromatic heterocycles. The van der Waals surface area contributed by atoms with Gasteiger partial charge in [0.05, 0.1) is 17.6 Å². The number of aromatic nitrogens is 6. The Hall–Kier alpha value is -3.45. The predicted molar refractivity (Wildman–Crippen MR) is 98.7 cm³/mol. The predicted octanol–water partition coefficient (Wildman–Crippen LogP) is 2.76. The number of rotatable bonds is 4. The average molecular weight is 343 g/mol. The van der Waals surface area contributed by atoms with Crippen LogP contribution >= 0.6 is 0 Å². The molecule has 0 saturated carbocycles. The molecule has 0 aliphatic carbocycles. The van der Waals surface area contributed by atoms with E-state index in [0.29, 0.717) is 23.9 Å². The third-order valence-electron chi connectivity index (χ3n) is 4.04. The monoisotopic (exact) mass is 343 g/mol. The molecule has 0 amide bonds. The number of benzene rings is 1. The van der Waals surface area contributed by atoms with Gasteiger partial charge in [0.2, 0.25) is 0 Å². The summed E-state index contributed by atoms with van der Waals surface area (Å²) in [5, 5.41) is 7.29. The molecule has 0 fully saturated rings. The van der Waals surface area contributed by atoms with Crippen molar-refractivity contribution in [1.29, 1.82) is 0 Å². The summed E-state index contributed by atoms with van der Waals surface area (Å²) in [6.45, 7) is 2.37. The molecular weight excluding hydrogens is 326 g/mol. The lowest BCUT2D eigenvalue weighted by Gasteiger charge is -2.04. The maximum absolute atomic E-state index is 5.71. The van der Waals surface area contributed by atoms with Crippen molar-refractivity contribution in [3.05, 3.63) is 66.2 Å². The van der Waals surface area contributed by atoms with Crippen molar-refractivity contribution in [2.45, 2.75) is 13.5 Å². The number of H-pyrrole nitrogens is 1. The van der Waals surface area contributed by atoms with Gasteiger partial charge in [-0.2, -0.15) is 5.10 Å². The molecule has 4 rings (SSSR count). The molecule has 0 aliphatic heterocycles. The smallest absolute Gasteiger partial charge is 0.181 e. The molecule has 0 atom stereocenters. The Bertz CT molecular complexity index is 1040. The number of nitrogens with one attached hydrogen (secondary N) is 1. The Morgan fingerprint density at radius 2 is 1.92 bits per heavy atom. The van der Waals surface area contributed by atoms with Gasteiger partial charge in [0.25, 0.3) is 0 Å². The first-order valence-electron chi connectivity index (χ1n) is 8.21. The molecule has 0 saturated heterocycles. The molecule has 3 heterocycles. The third kappa shape index (κ3) is 3.07. The van der Waals surface area contributed by atoms with Gasteiger partial charge < -0.3 is 5.73 Å². The zero-order valence-electron chi connectivity index (χ0n) is 14.2. The lowest BCUT2D eigenvalue weighted by atomic mass is 10.1. The SMILES string of the molecule is Cc1ncc(-c2cccnc2)nc1-c1nc(-c2cccc(CN)c2)n[nH]1. The van der Waals surface area contributed by atoms with Crippen LogP contribution in [0.1, 0.15) is 11.3 Å². The lowest BCUT2D eigenvalue weighted by molar-refractivity contribution is 1.06. The van der Waals surface area contributed by atoms with Gasteiger partial charge in [0, 0.05) is 30.1 Å². The molecule has 1 aromatic carbocycles. The first-order chi connectivity index (χ1) is 12.7. The Morgan fingerprint density at radius 1 is 1.04 bits per heavy atom. The number of aryl methyl sites for hydroxylation is 1. The molecule has 7 heteroatoms. The van der Waals surface area contributed by atoms with E-state index in [0.717, 1.165) is 28.1 Å².